The van der Waals surface area contributed by atoms with Crippen molar-refractivity contribution in [3.05, 3.63) is 23.8 Å². The molecule has 3 N–H and O–H groups in total. The van der Waals surface area contributed by atoms with E-state index in [2.05, 4.69) is 16.0 Å². The molecule has 10 heteroatoms. The quantitative estimate of drug-likeness (QED) is 0.626. The van der Waals surface area contributed by atoms with Gasteiger partial charge in [-0.05, 0) is 49.4 Å². The number of nitrogens with zero attached hydrogens (tertiary/aromatic N) is 1. The zero-order chi connectivity index (χ0) is 19.2. The molecule has 3 heterocycles. The van der Waals surface area contributed by atoms with Crippen molar-refractivity contribution < 1.29 is 22.8 Å². The summed E-state index contributed by atoms with van der Waals surface area (Å²) in [6.45, 7) is 0.182. The van der Waals surface area contributed by atoms with Crippen LogP contribution in [0.4, 0.5) is 10.5 Å². The fraction of sp³-hybridized carbons (Fsp3) is 0.471. The molecule has 1 unspecified atom stereocenters. The van der Waals surface area contributed by atoms with Crippen molar-refractivity contribution in [3.63, 3.8) is 0 Å². The number of piperidine rings is 1. The minimum atomic E-state index is -3.84. The summed E-state index contributed by atoms with van der Waals surface area (Å²) < 4.78 is 27.5. The Labute approximate surface area is 156 Å². The van der Waals surface area contributed by atoms with Crippen LogP contribution in [0.2, 0.25) is 0 Å². The number of benzene rings is 1. The highest BCUT2D eigenvalue weighted by Crippen LogP contribution is 2.31. The first-order valence-electron chi connectivity index (χ1n) is 8.87. The summed E-state index contributed by atoms with van der Waals surface area (Å²) >= 11 is 0. The Balaban J connectivity index is 1.64. The third-order valence-electron chi connectivity index (χ3n) is 5.31. The molecule has 0 bridgehead atoms. The maximum Gasteiger partial charge on any atom is 0.322 e. The number of carbonyl (C=O) groups excluding carboxylic acids is 3. The van der Waals surface area contributed by atoms with Crippen molar-refractivity contribution in [1.82, 2.24) is 14.9 Å². The number of amides is 4. The van der Waals surface area contributed by atoms with Crippen LogP contribution in [0.1, 0.15) is 31.2 Å². The van der Waals surface area contributed by atoms with Crippen LogP contribution in [0, 0.1) is 0 Å². The van der Waals surface area contributed by atoms with Crippen LogP contribution in [-0.2, 0) is 26.0 Å². The lowest BCUT2D eigenvalue weighted by Crippen LogP contribution is -2.59. The normalized spacial score (nSPS) is 26.1. The van der Waals surface area contributed by atoms with E-state index in [-0.39, 0.29) is 23.9 Å². The van der Waals surface area contributed by atoms with Crippen molar-refractivity contribution in [2.24, 2.45) is 0 Å². The van der Waals surface area contributed by atoms with Crippen LogP contribution in [0.3, 0.4) is 0 Å². The van der Waals surface area contributed by atoms with E-state index < -0.39 is 27.5 Å². The third-order valence-corrected chi connectivity index (χ3v) is 7.15. The number of carbonyl (C=O) groups is 3. The number of urea groups is 1. The summed E-state index contributed by atoms with van der Waals surface area (Å²) in [5, 5.41) is 7.56. The largest absolute Gasteiger partial charge is 0.326 e. The van der Waals surface area contributed by atoms with E-state index in [9.17, 15) is 22.8 Å². The first-order chi connectivity index (χ1) is 12.8. The van der Waals surface area contributed by atoms with E-state index in [1.165, 1.54) is 10.4 Å². The molecule has 1 spiro atoms. The van der Waals surface area contributed by atoms with E-state index in [0.29, 0.717) is 37.8 Å². The fourth-order valence-electron chi connectivity index (χ4n) is 3.90. The molecule has 0 aromatic heterocycles. The average molecular weight is 392 g/mol. The van der Waals surface area contributed by atoms with Crippen molar-refractivity contribution in [1.29, 1.82) is 0 Å². The van der Waals surface area contributed by atoms with Gasteiger partial charge in [-0.1, -0.05) is 0 Å². The molecule has 0 aliphatic carbocycles. The molecule has 144 valence electrons. The van der Waals surface area contributed by atoms with Gasteiger partial charge in [0.05, 0.1) is 4.90 Å². The van der Waals surface area contributed by atoms with Gasteiger partial charge in [-0.25, -0.2) is 13.2 Å². The summed E-state index contributed by atoms with van der Waals surface area (Å²) in [7, 11) is -3.84. The Morgan fingerprint density at radius 1 is 1.04 bits per heavy atom. The number of hydrogen-bond acceptors (Lipinski definition) is 5. The van der Waals surface area contributed by atoms with Gasteiger partial charge in [0, 0.05) is 25.2 Å². The number of hydrogen-bond donors (Lipinski definition) is 3. The van der Waals surface area contributed by atoms with Gasteiger partial charge >= 0.3 is 6.03 Å². The lowest BCUT2D eigenvalue weighted by atomic mass is 9.90. The first-order valence-corrected chi connectivity index (χ1v) is 10.3. The number of anilines is 1. The maximum atomic E-state index is 13.1. The Hall–Kier alpha value is -2.46. The summed E-state index contributed by atoms with van der Waals surface area (Å²) in [6, 6.07) is 4.06. The van der Waals surface area contributed by atoms with Gasteiger partial charge in [0.2, 0.25) is 15.9 Å². The summed E-state index contributed by atoms with van der Waals surface area (Å²) in [5.74, 6) is -0.567. The van der Waals surface area contributed by atoms with Crippen molar-refractivity contribution in [3.8, 4) is 0 Å². The highest BCUT2D eigenvalue weighted by atomic mass is 32.2. The number of nitrogens with one attached hydrogen (secondary N) is 3. The zero-order valence-corrected chi connectivity index (χ0v) is 15.4. The smallest absolute Gasteiger partial charge is 0.322 e. The molecular weight excluding hydrogens is 372 g/mol. The van der Waals surface area contributed by atoms with Crippen LogP contribution in [0.15, 0.2) is 23.1 Å². The van der Waals surface area contributed by atoms with Gasteiger partial charge in [0.15, 0.2) is 0 Å². The lowest BCUT2D eigenvalue weighted by molar-refractivity contribution is -0.125. The monoisotopic (exact) mass is 392 g/mol. The number of sulfonamides is 1. The van der Waals surface area contributed by atoms with Crippen LogP contribution in [0.25, 0.3) is 0 Å². The Bertz CT molecular complexity index is 945. The van der Waals surface area contributed by atoms with Gasteiger partial charge in [-0.3, -0.25) is 14.9 Å². The number of imide groups is 1. The number of fused-ring (bicyclic) bond motifs is 1. The summed E-state index contributed by atoms with van der Waals surface area (Å²) in [4.78, 5) is 35.5. The predicted molar refractivity (Wildman–Crippen MR) is 95.4 cm³/mol. The van der Waals surface area contributed by atoms with Gasteiger partial charge in [-0.15, -0.1) is 0 Å². The Morgan fingerprint density at radius 3 is 2.59 bits per heavy atom. The van der Waals surface area contributed by atoms with Gasteiger partial charge < -0.3 is 10.6 Å². The molecule has 9 nitrogen and oxygen atoms in total. The van der Waals surface area contributed by atoms with E-state index in [4.69, 9.17) is 0 Å². The van der Waals surface area contributed by atoms with E-state index in [1.54, 1.807) is 12.1 Å². The lowest BCUT2D eigenvalue weighted by Gasteiger charge is -2.37. The molecule has 0 saturated carbocycles. The van der Waals surface area contributed by atoms with Gasteiger partial charge in [0.25, 0.3) is 5.91 Å². The van der Waals surface area contributed by atoms with Crippen LogP contribution < -0.4 is 16.0 Å². The number of aryl methyl sites for hydroxylation is 1. The van der Waals surface area contributed by atoms with Crippen LogP contribution in [0.5, 0.6) is 0 Å². The van der Waals surface area contributed by atoms with Crippen LogP contribution >= 0.6 is 0 Å². The average Bonchev–Trinajstić information content (AvgIpc) is 2.78. The Kier molecular flexibility index (Phi) is 4.19. The standard InChI is InChI=1S/C17H20N4O5S/c22-14-4-1-3-11-9-12(5-6-13(11)18-14)27(25,26)21-8-2-7-17(10-21)15(23)19-16(24)20-17/h5-6,9H,1-4,7-8,10H2,(H,18,22)(H2,19,20,23,24). The number of rotatable bonds is 2. The van der Waals surface area contributed by atoms with Gasteiger partial charge in [-0.2, -0.15) is 4.31 Å². The second-order valence-corrected chi connectivity index (χ2v) is 9.09. The minimum absolute atomic E-state index is 0.0784. The molecule has 3 aliphatic rings. The summed E-state index contributed by atoms with van der Waals surface area (Å²) in [5.41, 5.74) is 0.205. The molecular formula is C17H20N4O5S. The minimum Gasteiger partial charge on any atom is -0.326 e. The summed E-state index contributed by atoms with van der Waals surface area (Å²) in [6.07, 6.45) is 2.53. The van der Waals surface area contributed by atoms with E-state index >= 15 is 0 Å². The fourth-order valence-corrected chi connectivity index (χ4v) is 5.49. The predicted octanol–water partition coefficient (Wildman–Crippen LogP) is 0.324. The molecule has 2 fully saturated rings. The zero-order valence-electron chi connectivity index (χ0n) is 14.6. The molecule has 1 aromatic rings. The van der Waals surface area contributed by atoms with Crippen LogP contribution in [-0.4, -0.2) is 49.2 Å². The molecule has 1 aromatic carbocycles. The molecule has 2 saturated heterocycles. The topological polar surface area (TPSA) is 125 Å². The van der Waals surface area contributed by atoms with E-state index in [1.807, 2.05) is 0 Å². The van der Waals surface area contributed by atoms with Gasteiger partial charge in [0.1, 0.15) is 5.54 Å². The molecule has 0 radical (unpaired) electrons. The van der Waals surface area contributed by atoms with E-state index in [0.717, 1.165) is 5.56 Å². The third kappa shape index (κ3) is 3.08. The second-order valence-electron chi connectivity index (χ2n) is 7.15. The molecule has 1 atom stereocenters. The van der Waals surface area contributed by atoms with Crippen molar-refractivity contribution in [2.45, 2.75) is 42.5 Å². The Morgan fingerprint density at radius 2 is 1.85 bits per heavy atom. The highest BCUT2D eigenvalue weighted by molar-refractivity contribution is 7.89. The van der Waals surface area contributed by atoms with Crippen molar-refractivity contribution >= 4 is 33.6 Å². The highest BCUT2D eigenvalue weighted by Gasteiger charge is 2.50. The molecule has 4 amide bonds. The SMILES string of the molecule is O=C1CCCc2cc(S(=O)(=O)N3CCCC4(C3)NC(=O)NC4=O)ccc2N1. The molecule has 27 heavy (non-hydrogen) atoms. The first kappa shape index (κ1) is 17.9. The van der Waals surface area contributed by atoms with Crippen molar-refractivity contribution in [2.75, 3.05) is 18.4 Å². The molecule has 3 aliphatic heterocycles. The second kappa shape index (κ2) is 6.31. The maximum absolute atomic E-state index is 13.1. The molecule has 4 rings (SSSR count).